The van der Waals surface area contributed by atoms with Crippen molar-refractivity contribution in [1.29, 1.82) is 0 Å². The quantitative estimate of drug-likeness (QED) is 0.0878. The Bertz CT molecular complexity index is 2750. The minimum atomic E-state index is -0.509. The van der Waals surface area contributed by atoms with Crippen molar-refractivity contribution in [2.24, 2.45) is 0 Å². The van der Waals surface area contributed by atoms with Gasteiger partial charge in [-0.05, 0) is 92.0 Å². The molecule has 0 unspecified atom stereocenters. The van der Waals surface area contributed by atoms with Crippen LogP contribution >= 0.6 is 0 Å². The second kappa shape index (κ2) is 10.5. The number of aromatic hydroxyl groups is 4. The summed E-state index contributed by atoms with van der Waals surface area (Å²) in [6.07, 6.45) is 0. The molecule has 0 saturated carbocycles. The van der Waals surface area contributed by atoms with Gasteiger partial charge in [-0.1, -0.05) is 109 Å². The smallest absolute Gasteiger partial charge is 0.170 e. The molecule has 1 aromatic heterocycles. The minimum Gasteiger partial charge on any atom is -0.507 e. The van der Waals surface area contributed by atoms with Crippen LogP contribution in [0, 0.1) is 13.8 Å². The van der Waals surface area contributed by atoms with E-state index < -0.39 is 11.5 Å². The van der Waals surface area contributed by atoms with Gasteiger partial charge in [-0.3, -0.25) is 0 Å². The third kappa shape index (κ3) is 4.06. The third-order valence-corrected chi connectivity index (χ3v) is 10.1. The number of furan rings is 1. The van der Waals surface area contributed by atoms with Crippen molar-refractivity contribution in [3.63, 3.8) is 0 Å². The molecule has 0 bridgehead atoms. The first-order valence-electron chi connectivity index (χ1n) is 16.2. The van der Waals surface area contributed by atoms with Crippen LogP contribution in [0.25, 0.3) is 87.6 Å². The van der Waals surface area contributed by atoms with Crippen molar-refractivity contribution in [3.8, 4) is 56.4 Å². The summed E-state index contributed by atoms with van der Waals surface area (Å²) in [5.41, 5.74) is 8.08. The summed E-state index contributed by atoms with van der Waals surface area (Å²) in [5.74, 6) is -1.26. The summed E-state index contributed by atoms with van der Waals surface area (Å²) >= 11 is 0. The molecule has 8 aromatic carbocycles. The number of hydrogen-bond acceptors (Lipinski definition) is 5. The van der Waals surface area contributed by atoms with Gasteiger partial charge in [0.1, 0.15) is 17.1 Å². The van der Waals surface area contributed by atoms with E-state index in [0.29, 0.717) is 22.1 Å². The zero-order valence-corrected chi connectivity index (χ0v) is 26.7. The number of hydrogen-bond donors (Lipinski definition) is 4. The van der Waals surface area contributed by atoms with Crippen LogP contribution in [0.5, 0.6) is 23.0 Å². The average molecular weight is 639 g/mol. The molecule has 0 saturated heterocycles. The topological polar surface area (TPSA) is 94.1 Å². The SMILES string of the molecule is Cc1c(C)c(O)c2c(c1O)c(O)c(O)c1c3cc(-c4c5ccccc5c(-c5ccc(-c6ccccc6)cc5)c5ccccc45)ccc3oc21. The first-order valence-corrected chi connectivity index (χ1v) is 16.2. The highest BCUT2D eigenvalue weighted by molar-refractivity contribution is 6.25. The molecule has 5 nitrogen and oxygen atoms in total. The Morgan fingerprint density at radius 1 is 0.388 bits per heavy atom. The van der Waals surface area contributed by atoms with Crippen LogP contribution in [0.15, 0.2) is 126 Å². The van der Waals surface area contributed by atoms with Gasteiger partial charge in [0.15, 0.2) is 17.1 Å². The van der Waals surface area contributed by atoms with Crippen molar-refractivity contribution in [3.05, 3.63) is 132 Å². The lowest BCUT2D eigenvalue weighted by atomic mass is 9.85. The van der Waals surface area contributed by atoms with E-state index in [1.807, 2.05) is 36.4 Å². The molecule has 9 rings (SSSR count). The van der Waals surface area contributed by atoms with Crippen molar-refractivity contribution >= 4 is 54.3 Å². The fraction of sp³-hybridized carbons (Fsp3) is 0.0455. The largest absolute Gasteiger partial charge is 0.507 e. The molecule has 9 aromatic rings. The van der Waals surface area contributed by atoms with Crippen LogP contribution in [0.1, 0.15) is 11.1 Å². The number of benzene rings is 8. The predicted molar refractivity (Wildman–Crippen MR) is 199 cm³/mol. The maximum absolute atomic E-state index is 11.4. The Hall–Kier alpha value is -6.46. The van der Waals surface area contributed by atoms with Gasteiger partial charge in [0.2, 0.25) is 0 Å². The van der Waals surface area contributed by atoms with Gasteiger partial charge in [0.05, 0.1) is 16.2 Å². The molecular weight excluding hydrogens is 608 g/mol. The van der Waals surface area contributed by atoms with Gasteiger partial charge in [-0.25, -0.2) is 0 Å². The second-order valence-electron chi connectivity index (χ2n) is 12.7. The maximum Gasteiger partial charge on any atom is 0.170 e. The molecule has 0 aliphatic heterocycles. The summed E-state index contributed by atoms with van der Waals surface area (Å²) in [7, 11) is 0. The Kier molecular flexibility index (Phi) is 6.17. The molecule has 5 heteroatoms. The summed E-state index contributed by atoms with van der Waals surface area (Å²) in [5, 5.41) is 50.0. The van der Waals surface area contributed by atoms with E-state index in [1.165, 1.54) is 5.56 Å². The summed E-state index contributed by atoms with van der Waals surface area (Å²) in [6, 6.07) is 41.7. The van der Waals surface area contributed by atoms with Crippen molar-refractivity contribution < 1.29 is 24.8 Å². The fourth-order valence-corrected chi connectivity index (χ4v) is 7.53. The summed E-state index contributed by atoms with van der Waals surface area (Å²) in [6.45, 7) is 3.34. The molecular formula is C44H30O5. The Labute approximate surface area is 281 Å². The van der Waals surface area contributed by atoms with Gasteiger partial charge in [0, 0.05) is 5.39 Å². The molecule has 236 valence electrons. The maximum atomic E-state index is 11.4. The standard InChI is InChI=1S/C44H30O5/c1-23-24(2)41(46)39-38(40(23)45)43(48)42(47)37-33-22-28(20-21-34(33)49-44(37)39)36-31-14-8-6-12-29(31)35(30-13-7-9-15-32(30)36)27-18-16-26(17-19-27)25-10-4-3-5-11-25/h3-22,45-48H,1-2H3. The van der Waals surface area contributed by atoms with E-state index in [9.17, 15) is 20.4 Å². The molecule has 0 aliphatic rings. The van der Waals surface area contributed by atoms with Crippen LogP contribution in [0.3, 0.4) is 0 Å². The van der Waals surface area contributed by atoms with Gasteiger partial charge >= 0.3 is 0 Å². The van der Waals surface area contributed by atoms with E-state index in [2.05, 4.69) is 84.9 Å². The van der Waals surface area contributed by atoms with Crippen molar-refractivity contribution in [2.75, 3.05) is 0 Å². The highest BCUT2D eigenvalue weighted by Gasteiger charge is 2.27. The van der Waals surface area contributed by atoms with Crippen LogP contribution < -0.4 is 0 Å². The molecule has 0 radical (unpaired) electrons. The third-order valence-electron chi connectivity index (χ3n) is 10.1. The van der Waals surface area contributed by atoms with Crippen LogP contribution in [0.2, 0.25) is 0 Å². The van der Waals surface area contributed by atoms with E-state index in [-0.39, 0.29) is 33.2 Å². The number of phenols is 4. The molecule has 4 N–H and O–H groups in total. The monoisotopic (exact) mass is 638 g/mol. The van der Waals surface area contributed by atoms with E-state index >= 15 is 0 Å². The molecule has 0 atom stereocenters. The number of phenolic OH excluding ortho intramolecular Hbond substituents is 4. The minimum absolute atomic E-state index is 0.0470. The molecule has 1 heterocycles. The first-order chi connectivity index (χ1) is 23.8. The first kappa shape index (κ1) is 28.7. The Morgan fingerprint density at radius 2 is 0.837 bits per heavy atom. The van der Waals surface area contributed by atoms with E-state index in [1.54, 1.807) is 13.8 Å². The normalized spacial score (nSPS) is 11.8. The van der Waals surface area contributed by atoms with Crippen LogP contribution in [-0.4, -0.2) is 20.4 Å². The molecule has 0 fully saturated rings. The van der Waals surface area contributed by atoms with Gasteiger partial charge < -0.3 is 24.8 Å². The second-order valence-corrected chi connectivity index (χ2v) is 12.7. The van der Waals surface area contributed by atoms with E-state index in [4.69, 9.17) is 4.42 Å². The Balaban J connectivity index is 1.32. The van der Waals surface area contributed by atoms with E-state index in [0.717, 1.165) is 49.4 Å². The number of fused-ring (bicyclic) bond motifs is 7. The fourth-order valence-electron chi connectivity index (χ4n) is 7.53. The number of rotatable bonds is 3. The molecule has 49 heavy (non-hydrogen) atoms. The van der Waals surface area contributed by atoms with Gasteiger partial charge in [-0.2, -0.15) is 0 Å². The zero-order valence-electron chi connectivity index (χ0n) is 26.7. The zero-order chi connectivity index (χ0) is 33.6. The lowest BCUT2D eigenvalue weighted by molar-refractivity contribution is 0.408. The van der Waals surface area contributed by atoms with Crippen molar-refractivity contribution in [1.82, 2.24) is 0 Å². The molecule has 0 spiro atoms. The molecule has 0 aliphatic carbocycles. The average Bonchev–Trinajstić information content (AvgIpc) is 3.52. The van der Waals surface area contributed by atoms with Crippen molar-refractivity contribution in [2.45, 2.75) is 13.8 Å². The van der Waals surface area contributed by atoms with Crippen LogP contribution in [0.4, 0.5) is 0 Å². The predicted octanol–water partition coefficient (Wildman–Crippen LogP) is 11.5. The Morgan fingerprint density at radius 3 is 1.43 bits per heavy atom. The lowest BCUT2D eigenvalue weighted by Crippen LogP contribution is -1.91. The van der Waals surface area contributed by atoms with Crippen LogP contribution in [-0.2, 0) is 0 Å². The summed E-state index contributed by atoms with van der Waals surface area (Å²) in [4.78, 5) is 0. The highest BCUT2D eigenvalue weighted by Crippen LogP contribution is 2.54. The summed E-state index contributed by atoms with van der Waals surface area (Å²) < 4.78 is 6.27. The van der Waals surface area contributed by atoms with Gasteiger partial charge in [-0.15, -0.1) is 0 Å². The lowest BCUT2D eigenvalue weighted by Gasteiger charge is -2.18. The molecule has 0 amide bonds. The highest BCUT2D eigenvalue weighted by atomic mass is 16.3. The van der Waals surface area contributed by atoms with Gasteiger partial charge in [0.25, 0.3) is 0 Å².